The molecular weight excluding hydrogens is 416 g/mol. The van der Waals surface area contributed by atoms with E-state index in [0.29, 0.717) is 65.3 Å². The third-order valence-corrected chi connectivity index (χ3v) is 8.73. The van der Waals surface area contributed by atoms with Gasteiger partial charge in [-0.1, -0.05) is 12.1 Å². The topological polar surface area (TPSA) is 73.4 Å². The number of anilines is 1. The summed E-state index contributed by atoms with van der Waals surface area (Å²) in [5.74, 6) is 0.0908. The Bertz CT molecular complexity index is 879. The van der Waals surface area contributed by atoms with Crippen molar-refractivity contribution >= 4 is 21.8 Å². The van der Waals surface area contributed by atoms with Gasteiger partial charge >= 0.3 is 0 Å². The number of nitrogens with zero attached hydrogens (tertiary/aromatic N) is 4. The van der Waals surface area contributed by atoms with Gasteiger partial charge in [-0.3, -0.25) is 4.79 Å². The van der Waals surface area contributed by atoms with Crippen LogP contribution in [0.2, 0.25) is 0 Å². The van der Waals surface area contributed by atoms with E-state index in [1.807, 2.05) is 4.90 Å². The van der Waals surface area contributed by atoms with Crippen LogP contribution in [0.4, 0.5) is 5.69 Å². The summed E-state index contributed by atoms with van der Waals surface area (Å²) >= 11 is 0. The number of hydrogen-bond donors (Lipinski definition) is 0. The van der Waals surface area contributed by atoms with Gasteiger partial charge in [-0.2, -0.15) is 17.0 Å². The molecule has 3 saturated heterocycles. The Kier molecular flexibility index (Phi) is 6.86. The Balaban J connectivity index is 1.31. The second-order valence-corrected chi connectivity index (χ2v) is 10.8. The molecule has 3 fully saturated rings. The van der Waals surface area contributed by atoms with Crippen LogP contribution in [0.3, 0.4) is 0 Å². The number of piperidine rings is 1. The summed E-state index contributed by atoms with van der Waals surface area (Å²) in [7, 11) is -3.45. The maximum Gasteiger partial charge on any atom is 0.282 e. The first-order chi connectivity index (χ1) is 14.9. The molecule has 0 bridgehead atoms. The van der Waals surface area contributed by atoms with Crippen LogP contribution >= 0.6 is 0 Å². The highest BCUT2D eigenvalue weighted by Crippen LogP contribution is 2.26. The first-order valence-corrected chi connectivity index (χ1v) is 12.7. The van der Waals surface area contributed by atoms with E-state index in [-0.39, 0.29) is 17.9 Å². The fraction of sp³-hybridized carbons (Fsp3) is 0.682. The van der Waals surface area contributed by atoms with Gasteiger partial charge in [0.05, 0.1) is 13.2 Å². The van der Waals surface area contributed by atoms with Gasteiger partial charge < -0.3 is 14.5 Å². The molecular formula is C22H34N4O4S. The number of carbonyl (C=O) groups is 1. The minimum Gasteiger partial charge on any atom is -0.379 e. The molecule has 3 aliphatic rings. The lowest BCUT2D eigenvalue weighted by molar-refractivity contribution is -0.137. The van der Waals surface area contributed by atoms with Crippen molar-refractivity contribution in [2.45, 2.75) is 32.7 Å². The highest BCUT2D eigenvalue weighted by atomic mass is 32.2. The molecule has 4 rings (SSSR count). The second kappa shape index (κ2) is 9.44. The predicted octanol–water partition coefficient (Wildman–Crippen LogP) is 1.32. The van der Waals surface area contributed by atoms with Gasteiger partial charge in [-0.25, -0.2) is 0 Å². The lowest BCUT2D eigenvalue weighted by Crippen LogP contribution is -2.56. The lowest BCUT2D eigenvalue weighted by atomic mass is 9.95. The van der Waals surface area contributed by atoms with Gasteiger partial charge in [0.1, 0.15) is 0 Å². The van der Waals surface area contributed by atoms with E-state index in [2.05, 4.69) is 43.0 Å². The molecule has 0 saturated carbocycles. The minimum atomic E-state index is -3.45. The SMILES string of the molecule is Cc1cccc(N2CCN(C(=O)C3CCN(S(=O)(=O)N4CCOCC4)CC3)C[C@@H]2C)c1. The van der Waals surface area contributed by atoms with E-state index in [1.165, 1.54) is 15.6 Å². The lowest BCUT2D eigenvalue weighted by Gasteiger charge is -2.43. The second-order valence-electron chi connectivity index (χ2n) is 8.86. The largest absolute Gasteiger partial charge is 0.379 e. The van der Waals surface area contributed by atoms with E-state index in [0.717, 1.165) is 6.54 Å². The summed E-state index contributed by atoms with van der Waals surface area (Å²) in [4.78, 5) is 17.5. The first-order valence-electron chi connectivity index (χ1n) is 11.3. The molecule has 0 spiro atoms. The van der Waals surface area contributed by atoms with Crippen molar-refractivity contribution in [1.29, 1.82) is 0 Å². The molecule has 8 nitrogen and oxygen atoms in total. The summed E-state index contributed by atoms with van der Waals surface area (Å²) < 4.78 is 34.0. The van der Waals surface area contributed by atoms with E-state index in [9.17, 15) is 13.2 Å². The monoisotopic (exact) mass is 450 g/mol. The molecule has 9 heteroatoms. The van der Waals surface area contributed by atoms with Gasteiger partial charge in [0.15, 0.2) is 0 Å². The van der Waals surface area contributed by atoms with Crippen LogP contribution in [-0.4, -0.2) is 92.9 Å². The van der Waals surface area contributed by atoms with Crippen molar-refractivity contribution in [2.75, 3.05) is 63.9 Å². The van der Waals surface area contributed by atoms with E-state index in [1.54, 1.807) is 4.31 Å². The van der Waals surface area contributed by atoms with Gasteiger partial charge in [0, 0.05) is 63.5 Å². The number of benzene rings is 1. The summed E-state index contributed by atoms with van der Waals surface area (Å²) in [5.41, 5.74) is 2.45. The van der Waals surface area contributed by atoms with E-state index in [4.69, 9.17) is 4.74 Å². The molecule has 172 valence electrons. The van der Waals surface area contributed by atoms with Crippen LogP contribution in [-0.2, 0) is 19.7 Å². The van der Waals surface area contributed by atoms with E-state index < -0.39 is 10.2 Å². The number of ether oxygens (including phenoxy) is 1. The number of carbonyl (C=O) groups excluding carboxylic acids is 1. The number of piperazine rings is 1. The third kappa shape index (κ3) is 4.89. The number of aryl methyl sites for hydroxylation is 1. The Labute approximate surface area is 185 Å². The van der Waals surface area contributed by atoms with Crippen molar-refractivity contribution in [3.8, 4) is 0 Å². The van der Waals surface area contributed by atoms with Crippen molar-refractivity contribution in [2.24, 2.45) is 5.92 Å². The maximum atomic E-state index is 13.2. The van der Waals surface area contributed by atoms with Crippen LogP contribution in [0, 0.1) is 12.8 Å². The smallest absolute Gasteiger partial charge is 0.282 e. The van der Waals surface area contributed by atoms with Crippen LogP contribution < -0.4 is 4.90 Å². The fourth-order valence-corrected chi connectivity index (χ4v) is 6.49. The molecule has 31 heavy (non-hydrogen) atoms. The zero-order chi connectivity index (χ0) is 22.0. The highest BCUT2D eigenvalue weighted by molar-refractivity contribution is 7.86. The Morgan fingerprint density at radius 3 is 2.32 bits per heavy atom. The number of rotatable bonds is 4. The molecule has 0 radical (unpaired) electrons. The average Bonchev–Trinajstić information content (AvgIpc) is 2.79. The number of morpholine rings is 1. The summed E-state index contributed by atoms with van der Waals surface area (Å²) in [5, 5.41) is 0. The Morgan fingerprint density at radius 1 is 1.00 bits per heavy atom. The Hall–Kier alpha value is -1.68. The van der Waals surface area contributed by atoms with Crippen LogP contribution in [0.15, 0.2) is 24.3 Å². The van der Waals surface area contributed by atoms with Gasteiger partial charge in [-0.15, -0.1) is 0 Å². The number of hydrogen-bond acceptors (Lipinski definition) is 5. The zero-order valence-electron chi connectivity index (χ0n) is 18.6. The normalized spacial score (nSPS) is 25.0. The molecule has 1 amide bonds. The summed E-state index contributed by atoms with van der Waals surface area (Å²) in [6, 6.07) is 8.75. The predicted molar refractivity (Wildman–Crippen MR) is 120 cm³/mol. The van der Waals surface area contributed by atoms with Gasteiger partial charge in [0.25, 0.3) is 10.2 Å². The summed E-state index contributed by atoms with van der Waals surface area (Å²) in [6.45, 7) is 9.03. The average molecular weight is 451 g/mol. The van der Waals surface area contributed by atoms with E-state index >= 15 is 0 Å². The zero-order valence-corrected chi connectivity index (χ0v) is 19.4. The Morgan fingerprint density at radius 2 is 1.68 bits per heavy atom. The van der Waals surface area contributed by atoms with Gasteiger partial charge in [0.2, 0.25) is 5.91 Å². The minimum absolute atomic E-state index is 0.0890. The molecule has 0 unspecified atom stereocenters. The van der Waals surface area contributed by atoms with Crippen LogP contribution in [0.1, 0.15) is 25.3 Å². The molecule has 0 aliphatic carbocycles. The van der Waals surface area contributed by atoms with Crippen molar-refractivity contribution < 1.29 is 17.9 Å². The molecule has 1 aromatic carbocycles. The molecule has 1 atom stereocenters. The third-order valence-electron chi connectivity index (χ3n) is 6.70. The van der Waals surface area contributed by atoms with Crippen molar-refractivity contribution in [3.05, 3.63) is 29.8 Å². The maximum absolute atomic E-state index is 13.2. The molecule has 1 aromatic rings. The molecule has 0 aromatic heterocycles. The fourth-order valence-electron chi connectivity index (χ4n) is 4.88. The quantitative estimate of drug-likeness (QED) is 0.692. The standard InChI is InChI=1S/C22H34N4O4S/c1-18-4-3-5-21(16-18)26-11-10-23(17-19(26)2)22(27)20-6-8-24(9-7-20)31(28,29)25-12-14-30-15-13-25/h3-5,16,19-20H,6-15,17H2,1-2H3/t19-/m0/s1. The molecule has 3 heterocycles. The first kappa shape index (κ1) is 22.5. The molecule has 3 aliphatic heterocycles. The molecule has 0 N–H and O–H groups in total. The summed E-state index contributed by atoms with van der Waals surface area (Å²) in [6.07, 6.45) is 1.18. The van der Waals surface area contributed by atoms with Crippen molar-refractivity contribution in [1.82, 2.24) is 13.5 Å². The number of amides is 1. The van der Waals surface area contributed by atoms with Crippen LogP contribution in [0.25, 0.3) is 0 Å². The van der Waals surface area contributed by atoms with Crippen LogP contribution in [0.5, 0.6) is 0 Å². The highest BCUT2D eigenvalue weighted by Gasteiger charge is 2.37. The van der Waals surface area contributed by atoms with Gasteiger partial charge in [-0.05, 0) is 44.4 Å². The van der Waals surface area contributed by atoms with Crippen molar-refractivity contribution in [3.63, 3.8) is 0 Å².